The molecule has 0 atom stereocenters. The number of rotatable bonds is 6. The standard InChI is InChI=1S/C14H21BrN2O/c1-3-7-16-10-11(15)9-13(16)14(18)17(8-4-2)12-5-6-12/h9-10,12H,3-8H2,1-2H3. The van der Waals surface area contributed by atoms with Gasteiger partial charge < -0.3 is 9.47 Å². The van der Waals surface area contributed by atoms with Crippen LogP contribution in [0, 0.1) is 0 Å². The van der Waals surface area contributed by atoms with Crippen LogP contribution in [0.25, 0.3) is 0 Å². The highest BCUT2D eigenvalue weighted by Gasteiger charge is 2.33. The zero-order valence-electron chi connectivity index (χ0n) is 11.2. The second kappa shape index (κ2) is 5.91. The molecule has 1 aromatic heterocycles. The molecule has 1 saturated carbocycles. The van der Waals surface area contributed by atoms with E-state index in [1.54, 1.807) is 0 Å². The van der Waals surface area contributed by atoms with Crippen LogP contribution >= 0.6 is 15.9 Å². The Morgan fingerprint density at radius 1 is 1.44 bits per heavy atom. The predicted octanol–water partition coefficient (Wildman–Crippen LogP) is 3.68. The summed E-state index contributed by atoms with van der Waals surface area (Å²) >= 11 is 3.47. The largest absolute Gasteiger partial charge is 0.342 e. The molecule has 0 saturated heterocycles. The van der Waals surface area contributed by atoms with Crippen LogP contribution in [0.1, 0.15) is 50.0 Å². The summed E-state index contributed by atoms with van der Waals surface area (Å²) in [5, 5.41) is 0. The van der Waals surface area contributed by atoms with E-state index in [-0.39, 0.29) is 5.91 Å². The maximum atomic E-state index is 12.6. The Labute approximate surface area is 117 Å². The van der Waals surface area contributed by atoms with Gasteiger partial charge in [-0.2, -0.15) is 0 Å². The lowest BCUT2D eigenvalue weighted by Gasteiger charge is -2.22. The molecule has 0 radical (unpaired) electrons. The molecule has 1 aliphatic rings. The fourth-order valence-electron chi connectivity index (χ4n) is 2.30. The van der Waals surface area contributed by atoms with E-state index >= 15 is 0 Å². The number of carbonyl (C=O) groups excluding carboxylic acids is 1. The van der Waals surface area contributed by atoms with Crippen LogP contribution in [-0.4, -0.2) is 28.0 Å². The summed E-state index contributed by atoms with van der Waals surface area (Å²) in [4.78, 5) is 14.7. The predicted molar refractivity (Wildman–Crippen MR) is 76.8 cm³/mol. The zero-order valence-corrected chi connectivity index (χ0v) is 12.7. The van der Waals surface area contributed by atoms with Crippen LogP contribution in [0.15, 0.2) is 16.7 Å². The van der Waals surface area contributed by atoms with Crippen molar-refractivity contribution in [1.82, 2.24) is 9.47 Å². The molecule has 1 fully saturated rings. The normalized spacial score (nSPS) is 14.8. The third-order valence-corrected chi connectivity index (χ3v) is 3.69. The van der Waals surface area contributed by atoms with E-state index in [9.17, 15) is 4.79 Å². The fraction of sp³-hybridized carbons (Fsp3) is 0.643. The second-order valence-corrected chi connectivity index (χ2v) is 5.88. The van der Waals surface area contributed by atoms with E-state index in [0.29, 0.717) is 6.04 Å². The highest BCUT2D eigenvalue weighted by molar-refractivity contribution is 9.10. The summed E-state index contributed by atoms with van der Waals surface area (Å²) in [5.41, 5.74) is 0.823. The molecule has 100 valence electrons. The molecule has 4 heteroatoms. The topological polar surface area (TPSA) is 25.2 Å². The van der Waals surface area contributed by atoms with E-state index in [1.165, 1.54) is 12.8 Å². The minimum absolute atomic E-state index is 0.193. The maximum Gasteiger partial charge on any atom is 0.270 e. The average molecular weight is 313 g/mol. The Balaban J connectivity index is 2.20. The minimum atomic E-state index is 0.193. The Bertz CT molecular complexity index is 423. The molecule has 1 aliphatic carbocycles. The molecule has 0 aromatic carbocycles. The van der Waals surface area contributed by atoms with Gasteiger partial charge in [0.05, 0.1) is 0 Å². The van der Waals surface area contributed by atoms with Crippen molar-refractivity contribution < 1.29 is 4.79 Å². The quantitative estimate of drug-likeness (QED) is 0.786. The van der Waals surface area contributed by atoms with Gasteiger partial charge in [-0.1, -0.05) is 13.8 Å². The van der Waals surface area contributed by atoms with Gasteiger partial charge in [-0.15, -0.1) is 0 Å². The van der Waals surface area contributed by atoms with Crippen molar-refractivity contribution >= 4 is 21.8 Å². The average Bonchev–Trinajstić information content (AvgIpc) is 3.10. The molecule has 1 amide bonds. The van der Waals surface area contributed by atoms with Gasteiger partial charge in [0.2, 0.25) is 0 Å². The third kappa shape index (κ3) is 2.97. The lowest BCUT2D eigenvalue weighted by atomic mass is 10.3. The number of carbonyl (C=O) groups is 1. The van der Waals surface area contributed by atoms with E-state index in [4.69, 9.17) is 0 Å². The van der Waals surface area contributed by atoms with Crippen molar-refractivity contribution in [3.05, 3.63) is 22.4 Å². The first-order valence-corrected chi connectivity index (χ1v) is 7.63. The first-order valence-electron chi connectivity index (χ1n) is 6.84. The van der Waals surface area contributed by atoms with Crippen molar-refractivity contribution in [3.63, 3.8) is 0 Å². The van der Waals surface area contributed by atoms with E-state index in [1.807, 2.05) is 17.2 Å². The SMILES string of the molecule is CCCN(C(=O)c1cc(Br)cn1CCC)C1CC1. The molecule has 0 spiro atoms. The summed E-state index contributed by atoms with van der Waals surface area (Å²) in [6, 6.07) is 2.43. The Morgan fingerprint density at radius 2 is 2.17 bits per heavy atom. The number of aryl methyl sites for hydroxylation is 1. The first kappa shape index (κ1) is 13.7. The number of halogens is 1. The van der Waals surface area contributed by atoms with Crippen molar-refractivity contribution in [2.45, 2.75) is 52.1 Å². The summed E-state index contributed by atoms with van der Waals surface area (Å²) < 4.78 is 3.06. The van der Waals surface area contributed by atoms with Gasteiger partial charge in [0.25, 0.3) is 5.91 Å². The van der Waals surface area contributed by atoms with Gasteiger partial charge >= 0.3 is 0 Å². The molecule has 1 heterocycles. The number of aromatic nitrogens is 1. The van der Waals surface area contributed by atoms with Gasteiger partial charge in [-0.25, -0.2) is 0 Å². The van der Waals surface area contributed by atoms with Crippen LogP contribution in [0.5, 0.6) is 0 Å². The number of amides is 1. The van der Waals surface area contributed by atoms with Gasteiger partial charge in [-0.05, 0) is 47.7 Å². The smallest absolute Gasteiger partial charge is 0.270 e. The summed E-state index contributed by atoms with van der Waals surface area (Å²) in [5.74, 6) is 0.193. The van der Waals surface area contributed by atoms with E-state index in [2.05, 4.69) is 34.3 Å². The summed E-state index contributed by atoms with van der Waals surface area (Å²) in [6.45, 7) is 6.03. The molecule has 3 nitrogen and oxygen atoms in total. The van der Waals surface area contributed by atoms with E-state index < -0.39 is 0 Å². The lowest BCUT2D eigenvalue weighted by Crippen LogP contribution is -2.35. The van der Waals surface area contributed by atoms with Crippen molar-refractivity contribution in [3.8, 4) is 0 Å². The van der Waals surface area contributed by atoms with Crippen LogP contribution in [0.3, 0.4) is 0 Å². The van der Waals surface area contributed by atoms with Crippen LogP contribution < -0.4 is 0 Å². The van der Waals surface area contributed by atoms with Crippen molar-refractivity contribution in [1.29, 1.82) is 0 Å². The van der Waals surface area contributed by atoms with Gasteiger partial charge in [0.15, 0.2) is 0 Å². The molecule has 2 rings (SSSR count). The molecule has 0 unspecified atom stereocenters. The maximum absolute atomic E-state index is 12.6. The van der Waals surface area contributed by atoms with E-state index in [0.717, 1.165) is 36.1 Å². The van der Waals surface area contributed by atoms with Gasteiger partial charge in [0.1, 0.15) is 5.69 Å². The van der Waals surface area contributed by atoms with Crippen LogP contribution in [-0.2, 0) is 6.54 Å². The number of nitrogens with zero attached hydrogens (tertiary/aromatic N) is 2. The van der Waals surface area contributed by atoms with Crippen molar-refractivity contribution in [2.24, 2.45) is 0 Å². The highest BCUT2D eigenvalue weighted by Crippen LogP contribution is 2.29. The molecule has 0 bridgehead atoms. The minimum Gasteiger partial charge on any atom is -0.342 e. The zero-order chi connectivity index (χ0) is 13.1. The molecular formula is C14H21BrN2O. The molecule has 0 N–H and O–H groups in total. The van der Waals surface area contributed by atoms with Gasteiger partial charge in [0, 0.05) is 29.8 Å². The Hall–Kier alpha value is -0.770. The number of hydrogen-bond acceptors (Lipinski definition) is 1. The summed E-state index contributed by atoms with van der Waals surface area (Å²) in [7, 11) is 0. The second-order valence-electron chi connectivity index (χ2n) is 4.97. The lowest BCUT2D eigenvalue weighted by molar-refractivity contribution is 0.0732. The first-order chi connectivity index (χ1) is 8.67. The Kier molecular flexibility index (Phi) is 4.49. The molecule has 18 heavy (non-hydrogen) atoms. The van der Waals surface area contributed by atoms with Gasteiger partial charge in [-0.3, -0.25) is 4.79 Å². The summed E-state index contributed by atoms with van der Waals surface area (Å²) in [6.07, 6.45) is 6.41. The highest BCUT2D eigenvalue weighted by atomic mass is 79.9. The van der Waals surface area contributed by atoms with Crippen molar-refractivity contribution in [2.75, 3.05) is 6.54 Å². The molecular weight excluding hydrogens is 292 g/mol. The fourth-order valence-corrected chi connectivity index (χ4v) is 2.77. The molecule has 1 aromatic rings. The van der Waals surface area contributed by atoms with Crippen LogP contribution in [0.4, 0.5) is 0 Å². The molecule has 0 aliphatic heterocycles. The van der Waals surface area contributed by atoms with Crippen LogP contribution in [0.2, 0.25) is 0 Å². The third-order valence-electron chi connectivity index (χ3n) is 3.26. The Morgan fingerprint density at radius 3 is 2.72 bits per heavy atom. The monoisotopic (exact) mass is 312 g/mol. The number of hydrogen-bond donors (Lipinski definition) is 0.